The van der Waals surface area contributed by atoms with Crippen LogP contribution in [-0.2, 0) is 0 Å². The van der Waals surface area contributed by atoms with E-state index >= 15 is 0 Å². The van der Waals surface area contributed by atoms with E-state index in [4.69, 9.17) is 0 Å². The summed E-state index contributed by atoms with van der Waals surface area (Å²) in [5, 5.41) is 7.68. The van der Waals surface area contributed by atoms with Crippen molar-refractivity contribution in [3.8, 4) is 27.9 Å². The van der Waals surface area contributed by atoms with Crippen LogP contribution in [0.5, 0.6) is 0 Å². The van der Waals surface area contributed by atoms with Crippen molar-refractivity contribution >= 4 is 43.4 Å². The van der Waals surface area contributed by atoms with Crippen molar-refractivity contribution in [3.63, 3.8) is 0 Å². The quantitative estimate of drug-likeness (QED) is 0.230. The van der Waals surface area contributed by atoms with Gasteiger partial charge in [-0.25, -0.2) is 0 Å². The van der Waals surface area contributed by atoms with Gasteiger partial charge in [0, 0.05) is 16.5 Å². The van der Waals surface area contributed by atoms with Crippen molar-refractivity contribution in [2.24, 2.45) is 0 Å². The van der Waals surface area contributed by atoms with Gasteiger partial charge in [-0.2, -0.15) is 0 Å². The predicted octanol–water partition coefficient (Wildman–Crippen LogP) is 10.4. The van der Waals surface area contributed by atoms with E-state index in [1.165, 1.54) is 71.3 Å². The Morgan fingerprint density at radius 1 is 0.333 bits per heavy atom. The number of fused-ring (bicyclic) bond motifs is 6. The zero-order chi connectivity index (χ0) is 25.8. The van der Waals surface area contributed by atoms with Crippen molar-refractivity contribution in [3.05, 3.63) is 152 Å². The van der Waals surface area contributed by atoms with Crippen LogP contribution in [0.1, 0.15) is 0 Å². The summed E-state index contributed by atoms with van der Waals surface area (Å²) in [6.45, 7) is 0. The largest absolute Gasteiger partial charge is 0.309 e. The standard InChI is InChI=1S/C38H25N/c1-2-8-26(9-3-1)32-18-22-35-37(25-32)39(36-23-19-29-11-6-7-13-34(29)38(35)36)33-20-16-28(17-21-33)31-15-14-27-10-4-5-12-30(27)24-31/h1-25H. The topological polar surface area (TPSA) is 4.93 Å². The first kappa shape index (κ1) is 21.9. The Morgan fingerprint density at radius 3 is 1.79 bits per heavy atom. The van der Waals surface area contributed by atoms with Gasteiger partial charge in [0.25, 0.3) is 0 Å². The fourth-order valence-corrected chi connectivity index (χ4v) is 6.05. The van der Waals surface area contributed by atoms with Gasteiger partial charge in [-0.1, -0.05) is 121 Å². The molecule has 39 heavy (non-hydrogen) atoms. The minimum Gasteiger partial charge on any atom is -0.309 e. The van der Waals surface area contributed by atoms with E-state index in [2.05, 4.69) is 156 Å². The zero-order valence-electron chi connectivity index (χ0n) is 21.4. The Balaban J connectivity index is 1.35. The summed E-state index contributed by atoms with van der Waals surface area (Å²) < 4.78 is 2.42. The highest BCUT2D eigenvalue weighted by atomic mass is 15.0. The van der Waals surface area contributed by atoms with Gasteiger partial charge in [0.1, 0.15) is 0 Å². The monoisotopic (exact) mass is 495 g/mol. The van der Waals surface area contributed by atoms with Crippen molar-refractivity contribution in [1.29, 1.82) is 0 Å². The second-order valence-electron chi connectivity index (χ2n) is 10.2. The molecule has 1 aromatic heterocycles. The number of rotatable bonds is 3. The molecule has 0 radical (unpaired) electrons. The van der Waals surface area contributed by atoms with Crippen LogP contribution in [0.4, 0.5) is 0 Å². The molecule has 0 saturated heterocycles. The van der Waals surface area contributed by atoms with Gasteiger partial charge in [-0.15, -0.1) is 0 Å². The first-order chi connectivity index (χ1) is 19.3. The maximum atomic E-state index is 2.42. The third kappa shape index (κ3) is 3.55. The van der Waals surface area contributed by atoms with E-state index < -0.39 is 0 Å². The third-order valence-electron chi connectivity index (χ3n) is 7.97. The molecule has 7 aromatic carbocycles. The van der Waals surface area contributed by atoms with E-state index in [-0.39, 0.29) is 0 Å². The predicted molar refractivity (Wildman–Crippen MR) is 167 cm³/mol. The van der Waals surface area contributed by atoms with Gasteiger partial charge < -0.3 is 4.57 Å². The van der Waals surface area contributed by atoms with Crippen LogP contribution in [0, 0.1) is 0 Å². The highest BCUT2D eigenvalue weighted by Crippen LogP contribution is 2.39. The maximum absolute atomic E-state index is 2.42. The molecular formula is C38H25N. The molecule has 1 heteroatoms. The van der Waals surface area contributed by atoms with Gasteiger partial charge in [0.05, 0.1) is 11.0 Å². The SMILES string of the molecule is c1ccc(-c2ccc3c4c5ccccc5ccc4n(-c4ccc(-c5ccc6ccccc6c5)cc4)c3c2)cc1. The lowest BCUT2D eigenvalue weighted by Crippen LogP contribution is -1.94. The summed E-state index contributed by atoms with van der Waals surface area (Å²) >= 11 is 0. The molecule has 0 atom stereocenters. The minimum absolute atomic E-state index is 1.17. The lowest BCUT2D eigenvalue weighted by atomic mass is 10.0. The van der Waals surface area contributed by atoms with Crippen LogP contribution in [0.2, 0.25) is 0 Å². The number of benzene rings is 7. The fraction of sp³-hybridized carbons (Fsp3) is 0. The van der Waals surface area contributed by atoms with E-state index in [0.717, 1.165) is 0 Å². The molecular weight excluding hydrogens is 470 g/mol. The second kappa shape index (κ2) is 8.72. The summed E-state index contributed by atoms with van der Waals surface area (Å²) in [5.74, 6) is 0. The molecule has 0 aliphatic carbocycles. The van der Waals surface area contributed by atoms with Gasteiger partial charge >= 0.3 is 0 Å². The normalized spacial score (nSPS) is 11.6. The smallest absolute Gasteiger partial charge is 0.0547 e. The highest BCUT2D eigenvalue weighted by molar-refractivity contribution is 6.21. The molecule has 0 bridgehead atoms. The molecule has 0 N–H and O–H groups in total. The fourth-order valence-electron chi connectivity index (χ4n) is 6.05. The number of nitrogens with zero attached hydrogens (tertiary/aromatic N) is 1. The molecule has 0 amide bonds. The van der Waals surface area contributed by atoms with E-state index in [1.54, 1.807) is 0 Å². The van der Waals surface area contributed by atoms with Gasteiger partial charge in [-0.3, -0.25) is 0 Å². The summed E-state index contributed by atoms with van der Waals surface area (Å²) in [4.78, 5) is 0. The number of hydrogen-bond acceptors (Lipinski definition) is 0. The Morgan fingerprint density at radius 2 is 0.949 bits per heavy atom. The van der Waals surface area contributed by atoms with E-state index in [9.17, 15) is 0 Å². The number of aromatic nitrogens is 1. The van der Waals surface area contributed by atoms with Crippen LogP contribution in [-0.4, -0.2) is 4.57 Å². The molecule has 0 spiro atoms. The first-order valence-electron chi connectivity index (χ1n) is 13.4. The van der Waals surface area contributed by atoms with Gasteiger partial charge in [-0.05, 0) is 74.1 Å². The Hall–Kier alpha value is -5.14. The van der Waals surface area contributed by atoms with E-state index in [0.29, 0.717) is 0 Å². The Kier molecular flexibility index (Phi) is 4.89. The molecule has 1 nitrogen and oxygen atoms in total. The highest BCUT2D eigenvalue weighted by Gasteiger charge is 2.16. The lowest BCUT2D eigenvalue weighted by molar-refractivity contribution is 1.18. The minimum atomic E-state index is 1.17. The van der Waals surface area contributed by atoms with Crippen molar-refractivity contribution in [2.75, 3.05) is 0 Å². The van der Waals surface area contributed by atoms with E-state index in [1.807, 2.05) is 0 Å². The Bertz CT molecular complexity index is 2150. The van der Waals surface area contributed by atoms with Crippen LogP contribution in [0.25, 0.3) is 71.3 Å². The molecule has 0 aliphatic rings. The molecule has 8 aromatic rings. The molecule has 0 unspecified atom stereocenters. The van der Waals surface area contributed by atoms with Gasteiger partial charge in [0.2, 0.25) is 0 Å². The van der Waals surface area contributed by atoms with Gasteiger partial charge in [0.15, 0.2) is 0 Å². The summed E-state index contributed by atoms with van der Waals surface area (Å²) in [6.07, 6.45) is 0. The summed E-state index contributed by atoms with van der Waals surface area (Å²) in [6, 6.07) is 55.0. The van der Waals surface area contributed by atoms with Crippen LogP contribution in [0.3, 0.4) is 0 Å². The zero-order valence-corrected chi connectivity index (χ0v) is 21.4. The average molecular weight is 496 g/mol. The Labute approximate surface area is 227 Å². The van der Waals surface area contributed by atoms with Crippen molar-refractivity contribution < 1.29 is 0 Å². The first-order valence-corrected chi connectivity index (χ1v) is 13.4. The van der Waals surface area contributed by atoms with Crippen molar-refractivity contribution in [1.82, 2.24) is 4.57 Å². The van der Waals surface area contributed by atoms with Crippen LogP contribution in [0.15, 0.2) is 152 Å². The molecule has 182 valence electrons. The van der Waals surface area contributed by atoms with Crippen LogP contribution < -0.4 is 0 Å². The second-order valence-corrected chi connectivity index (χ2v) is 10.2. The van der Waals surface area contributed by atoms with Crippen LogP contribution >= 0.6 is 0 Å². The molecule has 0 aliphatic heterocycles. The lowest BCUT2D eigenvalue weighted by Gasteiger charge is -2.11. The molecule has 8 rings (SSSR count). The average Bonchev–Trinajstić information content (AvgIpc) is 3.35. The van der Waals surface area contributed by atoms with Crippen molar-refractivity contribution in [2.45, 2.75) is 0 Å². The maximum Gasteiger partial charge on any atom is 0.0547 e. The summed E-state index contributed by atoms with van der Waals surface area (Å²) in [7, 11) is 0. The third-order valence-corrected chi connectivity index (χ3v) is 7.97. The molecule has 0 saturated carbocycles. The molecule has 1 heterocycles. The number of hydrogen-bond donors (Lipinski definition) is 0. The summed E-state index contributed by atoms with van der Waals surface area (Å²) in [5.41, 5.74) is 8.53. The molecule has 0 fully saturated rings.